The van der Waals surface area contributed by atoms with Crippen molar-refractivity contribution in [3.05, 3.63) is 52.3 Å². The van der Waals surface area contributed by atoms with Crippen LogP contribution in [0.2, 0.25) is 5.02 Å². The fraction of sp³-hybridized carbons (Fsp3) is 0.294. The first-order chi connectivity index (χ1) is 12.6. The number of nitrogens with zero attached hydrogens (tertiary/aromatic N) is 5. The first-order valence-electron chi connectivity index (χ1n) is 8.22. The molecule has 1 saturated heterocycles. The number of carbonyl (C=O) groups is 1. The van der Waals surface area contributed by atoms with Gasteiger partial charge in [-0.3, -0.25) is 9.48 Å². The van der Waals surface area contributed by atoms with Crippen molar-refractivity contribution in [3.8, 4) is 0 Å². The molecule has 9 heteroatoms. The maximum atomic E-state index is 12.6. The number of aromatic nitrogens is 4. The van der Waals surface area contributed by atoms with Crippen molar-refractivity contribution in [1.82, 2.24) is 20.0 Å². The summed E-state index contributed by atoms with van der Waals surface area (Å²) in [7, 11) is 1.84. The van der Waals surface area contributed by atoms with Crippen molar-refractivity contribution in [1.29, 1.82) is 0 Å². The predicted molar refractivity (Wildman–Crippen MR) is 102 cm³/mol. The van der Waals surface area contributed by atoms with Crippen LogP contribution in [0.15, 0.2) is 36.7 Å². The van der Waals surface area contributed by atoms with Crippen LogP contribution in [0.3, 0.4) is 0 Å². The van der Waals surface area contributed by atoms with Crippen LogP contribution in [0, 0.1) is 0 Å². The highest BCUT2D eigenvalue weighted by Crippen LogP contribution is 2.25. The molecule has 26 heavy (non-hydrogen) atoms. The van der Waals surface area contributed by atoms with Crippen LogP contribution in [0.25, 0.3) is 0 Å². The topological polar surface area (TPSA) is 75.9 Å². The van der Waals surface area contributed by atoms with E-state index in [0.717, 1.165) is 22.7 Å². The van der Waals surface area contributed by atoms with Gasteiger partial charge in [-0.15, -0.1) is 10.2 Å². The summed E-state index contributed by atoms with van der Waals surface area (Å²) in [6.45, 7) is 0.665. The van der Waals surface area contributed by atoms with Crippen LogP contribution in [0.5, 0.6) is 0 Å². The van der Waals surface area contributed by atoms with E-state index >= 15 is 0 Å². The fourth-order valence-electron chi connectivity index (χ4n) is 2.93. The molecule has 0 aliphatic carbocycles. The van der Waals surface area contributed by atoms with Crippen molar-refractivity contribution in [2.75, 3.05) is 16.8 Å². The molecule has 0 saturated carbocycles. The van der Waals surface area contributed by atoms with Gasteiger partial charge < -0.3 is 10.2 Å². The highest BCUT2D eigenvalue weighted by Gasteiger charge is 2.33. The van der Waals surface area contributed by atoms with E-state index in [9.17, 15) is 4.79 Å². The Morgan fingerprint density at radius 3 is 2.85 bits per heavy atom. The molecule has 1 aliphatic rings. The third-order valence-electron chi connectivity index (χ3n) is 4.24. The minimum Gasteiger partial charge on any atom is -0.348 e. The molecule has 4 rings (SSSR count). The average molecular weight is 389 g/mol. The molecule has 2 aromatic heterocycles. The monoisotopic (exact) mass is 388 g/mol. The molecule has 3 heterocycles. The second-order valence-corrected chi connectivity index (χ2v) is 7.65. The van der Waals surface area contributed by atoms with Crippen molar-refractivity contribution in [2.24, 2.45) is 7.05 Å². The number of amides is 1. The lowest BCUT2D eigenvalue weighted by Gasteiger charge is -2.14. The van der Waals surface area contributed by atoms with E-state index in [-0.39, 0.29) is 11.9 Å². The number of halogens is 1. The number of hydrogen-bond acceptors (Lipinski definition) is 6. The summed E-state index contributed by atoms with van der Waals surface area (Å²) in [4.78, 5) is 14.4. The van der Waals surface area contributed by atoms with Gasteiger partial charge in [-0.2, -0.15) is 5.10 Å². The second-order valence-electron chi connectivity index (χ2n) is 6.15. The van der Waals surface area contributed by atoms with Gasteiger partial charge in [-0.05, 0) is 24.1 Å². The molecule has 0 radical (unpaired) electrons. The van der Waals surface area contributed by atoms with Crippen molar-refractivity contribution in [3.63, 3.8) is 0 Å². The molecule has 1 aliphatic heterocycles. The zero-order chi connectivity index (χ0) is 18.1. The Labute approximate surface area is 159 Å². The van der Waals surface area contributed by atoms with Gasteiger partial charge in [0.25, 0.3) is 0 Å². The molecule has 0 spiro atoms. The van der Waals surface area contributed by atoms with Gasteiger partial charge in [-0.25, -0.2) is 0 Å². The smallest absolute Gasteiger partial charge is 0.249 e. The standard InChI is InChI=1S/C17H17ClN6OS/c1-23-10-13(9-19-23)24-7-6-14(16(24)25)20-17-22-21-15(26-17)8-11-2-4-12(18)5-3-11/h2-5,9-10,14H,6-8H2,1H3,(H,20,22). The number of carbonyl (C=O) groups excluding carboxylic acids is 1. The maximum absolute atomic E-state index is 12.6. The van der Waals surface area contributed by atoms with Gasteiger partial charge in [-0.1, -0.05) is 35.1 Å². The average Bonchev–Trinajstić information content (AvgIpc) is 3.33. The zero-order valence-electron chi connectivity index (χ0n) is 14.1. The molecule has 1 fully saturated rings. The number of rotatable bonds is 5. The van der Waals surface area contributed by atoms with Crippen LogP contribution < -0.4 is 10.2 Å². The number of hydrogen-bond donors (Lipinski definition) is 1. The lowest BCUT2D eigenvalue weighted by molar-refractivity contribution is -0.117. The summed E-state index contributed by atoms with van der Waals surface area (Å²) in [5.41, 5.74) is 1.94. The number of aryl methyl sites for hydroxylation is 1. The van der Waals surface area contributed by atoms with E-state index in [1.165, 1.54) is 11.3 Å². The molecule has 1 unspecified atom stereocenters. The normalized spacial score (nSPS) is 17.1. The Kier molecular flexibility index (Phi) is 4.60. The van der Waals surface area contributed by atoms with Gasteiger partial charge in [0.15, 0.2) is 0 Å². The number of benzene rings is 1. The van der Waals surface area contributed by atoms with E-state index in [2.05, 4.69) is 20.6 Å². The molecule has 0 bridgehead atoms. The molecule has 134 valence electrons. The quantitative estimate of drug-likeness (QED) is 0.727. The Hall–Kier alpha value is -2.45. The fourth-order valence-corrected chi connectivity index (χ4v) is 3.88. The second kappa shape index (κ2) is 7.05. The third-order valence-corrected chi connectivity index (χ3v) is 5.35. The van der Waals surface area contributed by atoms with Crippen LogP contribution in [-0.2, 0) is 18.3 Å². The SMILES string of the molecule is Cn1cc(N2CCC(Nc3nnc(Cc4ccc(Cl)cc4)s3)C2=O)cn1. The minimum atomic E-state index is -0.286. The zero-order valence-corrected chi connectivity index (χ0v) is 15.7. The largest absolute Gasteiger partial charge is 0.348 e. The molecule has 1 amide bonds. The van der Waals surface area contributed by atoms with Gasteiger partial charge in [0, 0.05) is 31.2 Å². The van der Waals surface area contributed by atoms with Crippen molar-refractivity contribution < 1.29 is 4.79 Å². The van der Waals surface area contributed by atoms with Crippen molar-refractivity contribution in [2.45, 2.75) is 18.9 Å². The summed E-state index contributed by atoms with van der Waals surface area (Å²) in [5.74, 6) is 0.0347. The van der Waals surface area contributed by atoms with Crippen LogP contribution >= 0.6 is 22.9 Å². The summed E-state index contributed by atoms with van der Waals surface area (Å²) in [6.07, 6.45) is 4.96. The van der Waals surface area contributed by atoms with E-state index in [1.54, 1.807) is 15.8 Å². The summed E-state index contributed by atoms with van der Waals surface area (Å²) in [6, 6.07) is 7.39. The highest BCUT2D eigenvalue weighted by molar-refractivity contribution is 7.15. The highest BCUT2D eigenvalue weighted by atomic mass is 35.5. The van der Waals surface area contributed by atoms with Crippen LogP contribution in [0.4, 0.5) is 10.8 Å². The molecular formula is C17H17ClN6OS. The summed E-state index contributed by atoms with van der Waals surface area (Å²) < 4.78 is 1.69. The van der Waals surface area contributed by atoms with E-state index < -0.39 is 0 Å². The predicted octanol–water partition coefficient (Wildman–Crippen LogP) is 2.73. The maximum Gasteiger partial charge on any atom is 0.249 e. The molecule has 3 aromatic rings. The Bertz CT molecular complexity index is 921. The third kappa shape index (κ3) is 3.56. The van der Waals surface area contributed by atoms with Crippen LogP contribution in [0.1, 0.15) is 17.0 Å². The van der Waals surface area contributed by atoms with Gasteiger partial charge >= 0.3 is 0 Å². The lowest BCUT2D eigenvalue weighted by atomic mass is 10.2. The molecule has 7 nitrogen and oxygen atoms in total. The van der Waals surface area contributed by atoms with Gasteiger partial charge in [0.2, 0.25) is 11.0 Å². The van der Waals surface area contributed by atoms with Gasteiger partial charge in [0.05, 0.1) is 11.9 Å². The van der Waals surface area contributed by atoms with E-state index in [1.807, 2.05) is 37.5 Å². The Balaban J connectivity index is 1.40. The van der Waals surface area contributed by atoms with Crippen LogP contribution in [-0.4, -0.2) is 38.5 Å². The van der Waals surface area contributed by atoms with E-state index in [4.69, 9.17) is 11.6 Å². The first-order valence-corrected chi connectivity index (χ1v) is 9.41. The lowest BCUT2D eigenvalue weighted by Crippen LogP contribution is -2.33. The van der Waals surface area contributed by atoms with Crippen molar-refractivity contribution >= 4 is 39.7 Å². The van der Waals surface area contributed by atoms with E-state index in [0.29, 0.717) is 23.1 Å². The summed E-state index contributed by atoms with van der Waals surface area (Å²) in [5, 5.41) is 18.0. The van der Waals surface area contributed by atoms with Gasteiger partial charge in [0.1, 0.15) is 11.0 Å². The molecular weight excluding hydrogens is 372 g/mol. The minimum absolute atomic E-state index is 0.0347. The first kappa shape index (κ1) is 17.0. The molecule has 1 N–H and O–H groups in total. The molecule has 1 atom stereocenters. The summed E-state index contributed by atoms with van der Waals surface area (Å²) >= 11 is 7.38. The Morgan fingerprint density at radius 1 is 1.31 bits per heavy atom. The molecule has 1 aromatic carbocycles. The number of nitrogens with one attached hydrogen (secondary N) is 1. The number of anilines is 2. The Morgan fingerprint density at radius 2 is 2.12 bits per heavy atom.